The molecule has 0 bridgehead atoms. The summed E-state index contributed by atoms with van der Waals surface area (Å²) in [4.78, 5) is 17.0. The highest BCUT2D eigenvalue weighted by molar-refractivity contribution is 5.86. The number of morpholine rings is 1. The third kappa shape index (κ3) is 7.64. The van der Waals surface area contributed by atoms with Crippen molar-refractivity contribution in [3.05, 3.63) is 30.3 Å². The minimum Gasteiger partial charge on any atom is -0.369 e. The Morgan fingerprint density at radius 1 is 1.19 bits per heavy atom. The number of hydrogen-bond donors (Lipinski definition) is 2. The van der Waals surface area contributed by atoms with Crippen molar-refractivity contribution in [2.24, 2.45) is 0 Å². The van der Waals surface area contributed by atoms with Crippen LogP contribution in [0.5, 0.6) is 0 Å². The molecule has 2 saturated heterocycles. The van der Waals surface area contributed by atoms with Crippen LogP contribution in [0.25, 0.3) is 0 Å². The number of rotatable bonds is 5. The molecule has 0 aromatic heterocycles. The van der Waals surface area contributed by atoms with Crippen LogP contribution >= 0.6 is 37.2 Å². The van der Waals surface area contributed by atoms with Gasteiger partial charge in [-0.3, -0.25) is 9.69 Å². The van der Waals surface area contributed by atoms with Crippen LogP contribution in [0.15, 0.2) is 30.3 Å². The van der Waals surface area contributed by atoms with Gasteiger partial charge in [-0.25, -0.2) is 0 Å². The highest BCUT2D eigenvalue weighted by Gasteiger charge is 2.24. The van der Waals surface area contributed by atoms with Crippen LogP contribution in [0.2, 0.25) is 0 Å². The minimum absolute atomic E-state index is 0. The Morgan fingerprint density at radius 3 is 2.44 bits per heavy atom. The molecule has 9 heteroatoms. The fraction of sp³-hybridized carbons (Fsp3) is 0.611. The number of piperazine rings is 1. The number of nitrogens with one attached hydrogen (secondary N) is 2. The summed E-state index contributed by atoms with van der Waals surface area (Å²) in [5.74, 6) is -0.00280. The molecule has 2 N–H and O–H groups in total. The summed E-state index contributed by atoms with van der Waals surface area (Å²) >= 11 is 0. The first-order valence-electron chi connectivity index (χ1n) is 8.88. The number of anilines is 1. The van der Waals surface area contributed by atoms with E-state index in [1.807, 2.05) is 0 Å². The first kappa shape index (κ1) is 26.2. The topological polar surface area (TPSA) is 56.8 Å². The van der Waals surface area contributed by atoms with Gasteiger partial charge in [-0.15, -0.1) is 37.2 Å². The third-order valence-corrected chi connectivity index (χ3v) is 4.85. The molecule has 2 unspecified atom stereocenters. The molecule has 2 heterocycles. The highest BCUT2D eigenvalue weighted by atomic mass is 35.5. The van der Waals surface area contributed by atoms with Crippen LogP contribution in [0.4, 0.5) is 5.69 Å². The second kappa shape index (κ2) is 13.4. The van der Waals surface area contributed by atoms with Crippen LogP contribution in [0, 0.1) is 0 Å². The molecule has 0 spiro atoms. The van der Waals surface area contributed by atoms with Gasteiger partial charge in [-0.1, -0.05) is 18.2 Å². The number of carbonyl (C=O) groups is 1. The van der Waals surface area contributed by atoms with Crippen molar-refractivity contribution in [2.45, 2.75) is 19.1 Å². The van der Waals surface area contributed by atoms with Gasteiger partial charge in [0.05, 0.1) is 6.61 Å². The van der Waals surface area contributed by atoms with Gasteiger partial charge in [0.1, 0.15) is 6.10 Å². The maximum Gasteiger partial charge on any atom is 0.250 e. The van der Waals surface area contributed by atoms with Gasteiger partial charge in [-0.05, 0) is 19.1 Å². The lowest BCUT2D eigenvalue weighted by atomic mass is 10.2. The SMILES string of the molecule is CC(CNC(=O)C1CNCCO1)N1CCN(c2ccccc2)CC1.Cl.Cl.Cl. The van der Waals surface area contributed by atoms with Crippen LogP contribution < -0.4 is 15.5 Å². The zero-order chi connectivity index (χ0) is 16.8. The van der Waals surface area contributed by atoms with E-state index in [1.165, 1.54) is 5.69 Å². The first-order valence-corrected chi connectivity index (χ1v) is 8.88. The predicted molar refractivity (Wildman–Crippen MR) is 117 cm³/mol. The lowest BCUT2D eigenvalue weighted by Gasteiger charge is -2.39. The maximum atomic E-state index is 12.1. The number of para-hydroxylation sites is 1. The predicted octanol–water partition coefficient (Wildman–Crippen LogP) is 1.57. The van der Waals surface area contributed by atoms with Gasteiger partial charge < -0.3 is 20.3 Å². The second-order valence-corrected chi connectivity index (χ2v) is 6.52. The van der Waals surface area contributed by atoms with Crippen molar-refractivity contribution in [3.8, 4) is 0 Å². The summed E-state index contributed by atoms with van der Waals surface area (Å²) in [5, 5.41) is 6.22. The fourth-order valence-electron chi connectivity index (χ4n) is 3.28. The number of hydrogen-bond acceptors (Lipinski definition) is 5. The summed E-state index contributed by atoms with van der Waals surface area (Å²) in [6.07, 6.45) is -0.346. The van der Waals surface area contributed by atoms with Gasteiger partial charge in [0.25, 0.3) is 5.91 Å². The number of carbonyl (C=O) groups excluding carboxylic acids is 1. The zero-order valence-corrected chi connectivity index (χ0v) is 18.1. The molecule has 2 atom stereocenters. The van der Waals surface area contributed by atoms with Crippen molar-refractivity contribution < 1.29 is 9.53 Å². The lowest BCUT2D eigenvalue weighted by Crippen LogP contribution is -2.54. The van der Waals surface area contributed by atoms with E-state index < -0.39 is 0 Å². The fourth-order valence-corrected chi connectivity index (χ4v) is 3.28. The summed E-state index contributed by atoms with van der Waals surface area (Å²) in [7, 11) is 0. The van der Waals surface area contributed by atoms with Gasteiger partial charge in [0.2, 0.25) is 0 Å². The average Bonchev–Trinajstić information content (AvgIpc) is 2.67. The number of nitrogens with zero attached hydrogens (tertiary/aromatic N) is 2. The zero-order valence-electron chi connectivity index (χ0n) is 15.6. The molecule has 2 aliphatic rings. The first-order chi connectivity index (χ1) is 11.7. The largest absolute Gasteiger partial charge is 0.369 e. The molecule has 1 aromatic carbocycles. The van der Waals surface area contributed by atoms with Gasteiger partial charge in [0, 0.05) is 57.5 Å². The standard InChI is InChI=1S/C18H28N4O2.3ClH/c1-15(13-20-18(23)17-14-19-7-12-24-17)21-8-10-22(11-9-21)16-5-3-2-4-6-16;;;/h2-6,15,17,19H,7-14H2,1H3,(H,20,23);3*1H. The highest BCUT2D eigenvalue weighted by Crippen LogP contribution is 2.16. The summed E-state index contributed by atoms with van der Waals surface area (Å²) < 4.78 is 5.49. The van der Waals surface area contributed by atoms with E-state index in [4.69, 9.17) is 4.74 Å². The Kier molecular flexibility index (Phi) is 13.0. The monoisotopic (exact) mass is 440 g/mol. The summed E-state index contributed by atoms with van der Waals surface area (Å²) in [6, 6.07) is 10.9. The molecular formula is C18H31Cl3N4O2. The average molecular weight is 442 g/mol. The number of ether oxygens (including phenoxy) is 1. The van der Waals surface area contributed by atoms with Crippen LogP contribution in [0.3, 0.4) is 0 Å². The molecular weight excluding hydrogens is 411 g/mol. The van der Waals surface area contributed by atoms with E-state index in [9.17, 15) is 4.79 Å². The molecule has 1 aromatic rings. The molecule has 156 valence electrons. The molecule has 27 heavy (non-hydrogen) atoms. The van der Waals surface area contributed by atoms with Crippen LogP contribution in [-0.2, 0) is 9.53 Å². The minimum atomic E-state index is -0.346. The van der Waals surface area contributed by atoms with Gasteiger partial charge in [-0.2, -0.15) is 0 Å². The van der Waals surface area contributed by atoms with E-state index in [0.29, 0.717) is 25.7 Å². The lowest BCUT2D eigenvalue weighted by molar-refractivity contribution is -0.134. The quantitative estimate of drug-likeness (QED) is 0.726. The summed E-state index contributed by atoms with van der Waals surface area (Å²) in [6.45, 7) is 8.98. The van der Waals surface area contributed by atoms with E-state index in [0.717, 1.165) is 32.7 Å². The molecule has 0 aliphatic carbocycles. The Balaban J connectivity index is 0.00000225. The van der Waals surface area contributed by atoms with E-state index >= 15 is 0 Å². The summed E-state index contributed by atoms with van der Waals surface area (Å²) in [5.41, 5.74) is 1.29. The molecule has 2 aliphatic heterocycles. The number of halogens is 3. The number of benzene rings is 1. The maximum absolute atomic E-state index is 12.1. The van der Waals surface area contributed by atoms with Crippen molar-refractivity contribution in [1.29, 1.82) is 0 Å². The Labute approximate surface area is 180 Å². The molecule has 3 rings (SSSR count). The van der Waals surface area contributed by atoms with E-state index in [-0.39, 0.29) is 49.2 Å². The van der Waals surface area contributed by atoms with Crippen molar-refractivity contribution in [1.82, 2.24) is 15.5 Å². The second-order valence-electron chi connectivity index (χ2n) is 6.52. The van der Waals surface area contributed by atoms with Gasteiger partial charge >= 0.3 is 0 Å². The Morgan fingerprint density at radius 2 is 1.85 bits per heavy atom. The van der Waals surface area contributed by atoms with Crippen molar-refractivity contribution >= 4 is 48.8 Å². The Hall–Kier alpha value is -0.760. The molecule has 6 nitrogen and oxygen atoms in total. The normalized spacial score (nSPS) is 21.1. The van der Waals surface area contributed by atoms with E-state index in [2.05, 4.69) is 57.7 Å². The van der Waals surface area contributed by atoms with E-state index in [1.54, 1.807) is 0 Å². The number of amides is 1. The van der Waals surface area contributed by atoms with Crippen molar-refractivity contribution in [2.75, 3.05) is 57.3 Å². The molecule has 0 saturated carbocycles. The third-order valence-electron chi connectivity index (χ3n) is 4.85. The van der Waals surface area contributed by atoms with Gasteiger partial charge in [0.15, 0.2) is 0 Å². The van der Waals surface area contributed by atoms with Crippen LogP contribution in [-0.4, -0.2) is 75.4 Å². The molecule has 2 fully saturated rings. The Bertz CT molecular complexity index is 525. The van der Waals surface area contributed by atoms with Crippen LogP contribution in [0.1, 0.15) is 6.92 Å². The molecule has 0 radical (unpaired) electrons. The smallest absolute Gasteiger partial charge is 0.250 e. The molecule has 1 amide bonds. The van der Waals surface area contributed by atoms with Crippen molar-refractivity contribution in [3.63, 3.8) is 0 Å².